The Bertz CT molecular complexity index is 851. The minimum absolute atomic E-state index is 0.298. The Labute approximate surface area is 132 Å². The lowest BCUT2D eigenvalue weighted by atomic mass is 10.1. The van der Waals surface area contributed by atoms with Crippen molar-refractivity contribution in [1.82, 2.24) is 0 Å². The van der Waals surface area contributed by atoms with Crippen LogP contribution in [0.2, 0.25) is 5.02 Å². The van der Waals surface area contributed by atoms with Gasteiger partial charge in [-0.1, -0.05) is 17.7 Å². The Balaban J connectivity index is 1.59. The van der Waals surface area contributed by atoms with E-state index in [4.69, 9.17) is 21.1 Å². The van der Waals surface area contributed by atoms with Gasteiger partial charge in [0.15, 0.2) is 17.7 Å². The molecule has 0 saturated carbocycles. The fourth-order valence-corrected chi connectivity index (χ4v) is 2.75. The van der Waals surface area contributed by atoms with E-state index in [1.54, 1.807) is 0 Å². The summed E-state index contributed by atoms with van der Waals surface area (Å²) in [5, 5.41) is 5.28. The maximum absolute atomic E-state index is 6.03. The van der Waals surface area contributed by atoms with E-state index in [1.807, 2.05) is 48.7 Å². The summed E-state index contributed by atoms with van der Waals surface area (Å²) in [7, 11) is 0. The van der Waals surface area contributed by atoms with Crippen LogP contribution in [-0.2, 0) is 6.54 Å². The molecule has 0 bridgehead atoms. The van der Waals surface area contributed by atoms with Crippen molar-refractivity contribution in [2.75, 3.05) is 12.1 Å². The van der Waals surface area contributed by atoms with Gasteiger partial charge in [0.25, 0.3) is 0 Å². The molecule has 1 aliphatic heterocycles. The molecule has 1 aromatic heterocycles. The summed E-state index contributed by atoms with van der Waals surface area (Å²) >= 11 is 6.03. The molecule has 0 amide bonds. The molecule has 0 aliphatic carbocycles. The Kier molecular flexibility index (Phi) is 3.24. The summed E-state index contributed by atoms with van der Waals surface area (Å²) in [4.78, 5) is 3.20. The number of fused-ring (bicyclic) bond motifs is 2. The van der Waals surface area contributed by atoms with Gasteiger partial charge < -0.3 is 14.8 Å². The molecule has 22 heavy (non-hydrogen) atoms. The number of hydrogen-bond donors (Lipinski definition) is 1. The van der Waals surface area contributed by atoms with Crippen molar-refractivity contribution < 1.29 is 14.5 Å². The van der Waals surface area contributed by atoms with Crippen molar-refractivity contribution in [1.29, 1.82) is 0 Å². The number of benzene rings is 2. The first kappa shape index (κ1) is 13.2. The van der Waals surface area contributed by atoms with Gasteiger partial charge in [-0.05, 0) is 29.8 Å². The fraction of sp³-hybridized carbons (Fsp3) is 0.118. The van der Waals surface area contributed by atoms with Crippen LogP contribution in [0, 0.1) is 0 Å². The topological polar surface area (TPSA) is 44.6 Å². The highest BCUT2D eigenvalue weighted by Gasteiger charge is 2.13. The second-order valence-corrected chi connectivity index (χ2v) is 5.56. The van der Waals surface area contributed by atoms with Gasteiger partial charge in [0, 0.05) is 23.7 Å². The number of nitrogens with one attached hydrogen (secondary N) is 2. The average molecular weight is 314 g/mol. The molecule has 4 rings (SSSR count). The average Bonchev–Trinajstić information content (AvgIpc) is 3.00. The predicted molar refractivity (Wildman–Crippen MR) is 85.4 cm³/mol. The van der Waals surface area contributed by atoms with Crippen molar-refractivity contribution in [3.05, 3.63) is 59.2 Å². The second-order valence-electron chi connectivity index (χ2n) is 5.12. The largest absolute Gasteiger partial charge is 0.454 e. The summed E-state index contributed by atoms with van der Waals surface area (Å²) in [5.74, 6) is 1.61. The molecule has 2 aromatic carbocycles. The van der Waals surface area contributed by atoms with E-state index < -0.39 is 0 Å². The van der Waals surface area contributed by atoms with Crippen LogP contribution < -0.4 is 19.8 Å². The number of rotatable bonds is 3. The first-order chi connectivity index (χ1) is 10.8. The molecule has 0 spiro atoms. The molecular formula is C17H14ClN2O2+. The lowest BCUT2D eigenvalue weighted by molar-refractivity contribution is -0.344. The predicted octanol–water partition coefficient (Wildman–Crippen LogP) is 3.65. The molecule has 1 aliphatic rings. The maximum atomic E-state index is 6.03. The number of hydrogen-bond acceptors (Lipinski definition) is 3. The number of anilines is 1. The van der Waals surface area contributed by atoms with E-state index in [2.05, 4.69) is 10.3 Å². The fourth-order valence-electron chi connectivity index (χ4n) is 2.58. The van der Waals surface area contributed by atoms with Gasteiger partial charge in [0.1, 0.15) is 0 Å². The zero-order valence-corrected chi connectivity index (χ0v) is 12.5. The van der Waals surface area contributed by atoms with Crippen LogP contribution in [0.3, 0.4) is 0 Å². The van der Waals surface area contributed by atoms with E-state index in [-0.39, 0.29) is 0 Å². The number of aromatic nitrogens is 1. The van der Waals surface area contributed by atoms with E-state index >= 15 is 0 Å². The maximum Gasteiger partial charge on any atom is 0.231 e. The van der Waals surface area contributed by atoms with Crippen LogP contribution in [0.5, 0.6) is 11.5 Å². The SMILES string of the molecule is Clc1ccc2c(NCc3ccc4c(c3)OCO4)cc[nH+]c2c1. The highest BCUT2D eigenvalue weighted by molar-refractivity contribution is 6.31. The van der Waals surface area contributed by atoms with Gasteiger partial charge in [-0.25, -0.2) is 4.98 Å². The van der Waals surface area contributed by atoms with Gasteiger partial charge in [-0.3, -0.25) is 0 Å². The van der Waals surface area contributed by atoms with Gasteiger partial charge in [-0.2, -0.15) is 0 Å². The van der Waals surface area contributed by atoms with Gasteiger partial charge in [-0.15, -0.1) is 0 Å². The lowest BCUT2D eigenvalue weighted by Crippen LogP contribution is -2.06. The van der Waals surface area contributed by atoms with Crippen molar-refractivity contribution in [3.63, 3.8) is 0 Å². The van der Waals surface area contributed by atoms with E-state index in [0.29, 0.717) is 13.3 Å². The smallest absolute Gasteiger partial charge is 0.231 e. The highest BCUT2D eigenvalue weighted by Crippen LogP contribution is 2.32. The second kappa shape index (κ2) is 5.39. The van der Waals surface area contributed by atoms with Crippen molar-refractivity contribution in [2.24, 2.45) is 0 Å². The summed E-state index contributed by atoms with van der Waals surface area (Å²) in [6.07, 6.45) is 1.90. The van der Waals surface area contributed by atoms with E-state index in [1.165, 1.54) is 0 Å². The van der Waals surface area contributed by atoms with E-state index in [9.17, 15) is 0 Å². The number of pyridine rings is 1. The van der Waals surface area contributed by atoms with Crippen molar-refractivity contribution >= 4 is 28.2 Å². The molecule has 3 aromatic rings. The van der Waals surface area contributed by atoms with Crippen molar-refractivity contribution in [2.45, 2.75) is 6.54 Å². The monoisotopic (exact) mass is 313 g/mol. The van der Waals surface area contributed by atoms with E-state index in [0.717, 1.165) is 38.7 Å². The highest BCUT2D eigenvalue weighted by atomic mass is 35.5. The van der Waals surface area contributed by atoms with Crippen LogP contribution in [0.1, 0.15) is 5.56 Å². The first-order valence-corrected chi connectivity index (χ1v) is 7.40. The minimum atomic E-state index is 0.298. The quantitative estimate of drug-likeness (QED) is 0.803. The Morgan fingerprint density at radius 1 is 1.05 bits per heavy atom. The molecule has 0 atom stereocenters. The molecule has 4 nitrogen and oxygen atoms in total. The number of halogens is 1. The molecule has 0 radical (unpaired) electrons. The molecule has 0 fully saturated rings. The molecule has 5 heteroatoms. The van der Waals surface area contributed by atoms with Crippen LogP contribution in [0.15, 0.2) is 48.7 Å². The lowest BCUT2D eigenvalue weighted by Gasteiger charge is -2.08. The first-order valence-electron chi connectivity index (χ1n) is 7.02. The minimum Gasteiger partial charge on any atom is -0.454 e. The molecule has 2 heterocycles. The normalized spacial score (nSPS) is 12.6. The third-order valence-corrected chi connectivity index (χ3v) is 3.92. The Hall–Kier alpha value is -2.46. The third kappa shape index (κ3) is 2.42. The number of aromatic amines is 1. The zero-order valence-electron chi connectivity index (χ0n) is 11.7. The zero-order chi connectivity index (χ0) is 14.9. The van der Waals surface area contributed by atoms with Gasteiger partial charge in [0.2, 0.25) is 12.3 Å². The number of ether oxygens (including phenoxy) is 2. The Morgan fingerprint density at radius 3 is 2.91 bits per heavy atom. The summed E-state index contributed by atoms with van der Waals surface area (Å²) in [5.41, 5.74) is 3.20. The molecule has 0 saturated heterocycles. The molecular weight excluding hydrogens is 300 g/mol. The van der Waals surface area contributed by atoms with Crippen LogP contribution in [-0.4, -0.2) is 6.79 Å². The van der Waals surface area contributed by atoms with Crippen LogP contribution in [0.4, 0.5) is 5.69 Å². The summed E-state index contributed by atoms with van der Waals surface area (Å²) in [6, 6.07) is 13.8. The van der Waals surface area contributed by atoms with Gasteiger partial charge in [0.05, 0.1) is 11.1 Å². The summed E-state index contributed by atoms with van der Waals surface area (Å²) in [6.45, 7) is 1.00. The van der Waals surface area contributed by atoms with Gasteiger partial charge >= 0.3 is 0 Å². The van der Waals surface area contributed by atoms with Crippen LogP contribution in [0.25, 0.3) is 10.9 Å². The number of H-pyrrole nitrogens is 1. The van der Waals surface area contributed by atoms with Crippen molar-refractivity contribution in [3.8, 4) is 11.5 Å². The summed E-state index contributed by atoms with van der Waals surface area (Å²) < 4.78 is 10.7. The molecule has 2 N–H and O–H groups in total. The standard InChI is InChI=1S/C17H13ClN2O2/c18-12-2-3-13-14(5-6-19-15(13)8-12)20-9-11-1-4-16-17(7-11)22-10-21-16/h1-8H,9-10H2,(H,19,20)/p+1. The molecule has 0 unspecified atom stereocenters. The third-order valence-electron chi connectivity index (χ3n) is 3.68. The Morgan fingerprint density at radius 2 is 1.95 bits per heavy atom. The molecule has 110 valence electrons. The van der Waals surface area contributed by atoms with Crippen LogP contribution >= 0.6 is 11.6 Å².